The molecule has 3 aliphatic rings. The zero-order valence-corrected chi connectivity index (χ0v) is 15.0. The Kier molecular flexibility index (Phi) is 5.60. The zero-order valence-electron chi connectivity index (χ0n) is 15.0. The number of carbonyl (C=O) groups excluding carboxylic acids is 1. The van der Waals surface area contributed by atoms with Crippen LogP contribution in [-0.2, 0) is 4.79 Å². The van der Waals surface area contributed by atoms with E-state index in [2.05, 4.69) is 41.1 Å². The van der Waals surface area contributed by atoms with Crippen LogP contribution in [0.4, 0.5) is 0 Å². The Morgan fingerprint density at radius 1 is 1.29 bits per heavy atom. The van der Waals surface area contributed by atoms with Crippen LogP contribution in [0, 0.1) is 17.3 Å². The van der Waals surface area contributed by atoms with Gasteiger partial charge in [-0.15, -0.1) is 6.58 Å². The van der Waals surface area contributed by atoms with E-state index in [0.717, 1.165) is 12.8 Å². The quantitative estimate of drug-likeness (QED) is 0.616. The van der Waals surface area contributed by atoms with Gasteiger partial charge in [-0.1, -0.05) is 30.4 Å². The molecular formula is C21H32N2O. The standard InChI is InChI=1S/C21H32N2O/c1-3-4-7-14-23-15-12-21(13-16-23)11-10-20(22-17(2)24)18-8-5-6-9-19(18)21/h3,5-6,8-9,18-20H,1,4,7,10-16H2,2H3,(H,22,24)/t18?,19?,20-/m0/s1. The van der Waals surface area contributed by atoms with Crippen molar-refractivity contribution in [2.75, 3.05) is 19.6 Å². The number of hydrogen-bond donors (Lipinski definition) is 1. The largest absolute Gasteiger partial charge is 0.353 e. The van der Waals surface area contributed by atoms with E-state index in [1.54, 1.807) is 6.92 Å². The van der Waals surface area contributed by atoms with Crippen LogP contribution < -0.4 is 5.32 Å². The molecular weight excluding hydrogens is 296 g/mol. The molecule has 1 heterocycles. The minimum atomic E-state index is 0.106. The van der Waals surface area contributed by atoms with Gasteiger partial charge in [0.25, 0.3) is 0 Å². The zero-order chi connectivity index (χ0) is 17.0. The summed E-state index contributed by atoms with van der Waals surface area (Å²) in [7, 11) is 0. The van der Waals surface area contributed by atoms with Gasteiger partial charge in [-0.05, 0) is 69.5 Å². The molecule has 1 saturated carbocycles. The number of amides is 1. The first-order chi connectivity index (χ1) is 11.6. The Morgan fingerprint density at radius 2 is 2.04 bits per heavy atom. The number of fused-ring (bicyclic) bond motifs is 2. The minimum Gasteiger partial charge on any atom is -0.353 e. The van der Waals surface area contributed by atoms with Gasteiger partial charge in [-0.2, -0.15) is 0 Å². The number of piperidine rings is 1. The molecule has 0 bridgehead atoms. The van der Waals surface area contributed by atoms with Gasteiger partial charge < -0.3 is 10.2 Å². The molecule has 2 fully saturated rings. The maximum absolute atomic E-state index is 11.6. The second kappa shape index (κ2) is 7.69. The van der Waals surface area contributed by atoms with Crippen molar-refractivity contribution < 1.29 is 4.79 Å². The monoisotopic (exact) mass is 328 g/mol. The van der Waals surface area contributed by atoms with Crippen LogP contribution in [0.5, 0.6) is 0 Å². The van der Waals surface area contributed by atoms with Crippen molar-refractivity contribution >= 4 is 5.91 Å². The molecule has 3 rings (SSSR count). The van der Waals surface area contributed by atoms with E-state index in [0.29, 0.717) is 23.3 Å². The molecule has 2 aliphatic carbocycles. The predicted octanol–water partition coefficient (Wildman–Crippen LogP) is 3.69. The molecule has 0 aromatic heterocycles. The van der Waals surface area contributed by atoms with Crippen molar-refractivity contribution in [3.8, 4) is 0 Å². The number of unbranched alkanes of at least 4 members (excludes halogenated alkanes) is 1. The third kappa shape index (κ3) is 3.66. The highest BCUT2D eigenvalue weighted by Gasteiger charge is 2.48. The number of allylic oxidation sites excluding steroid dienone is 4. The highest BCUT2D eigenvalue weighted by molar-refractivity contribution is 5.73. The Balaban J connectivity index is 1.64. The molecule has 3 atom stereocenters. The van der Waals surface area contributed by atoms with Gasteiger partial charge in [0.2, 0.25) is 5.91 Å². The lowest BCUT2D eigenvalue weighted by molar-refractivity contribution is -0.120. The highest BCUT2D eigenvalue weighted by Crippen LogP contribution is 2.52. The van der Waals surface area contributed by atoms with Crippen molar-refractivity contribution in [2.45, 2.75) is 51.5 Å². The van der Waals surface area contributed by atoms with E-state index in [1.165, 1.54) is 45.3 Å². The fourth-order valence-corrected chi connectivity index (χ4v) is 5.12. The van der Waals surface area contributed by atoms with Crippen molar-refractivity contribution in [1.29, 1.82) is 0 Å². The summed E-state index contributed by atoms with van der Waals surface area (Å²) < 4.78 is 0. The van der Waals surface area contributed by atoms with E-state index in [-0.39, 0.29) is 5.91 Å². The average Bonchev–Trinajstić information content (AvgIpc) is 2.59. The summed E-state index contributed by atoms with van der Waals surface area (Å²) >= 11 is 0. The van der Waals surface area contributed by atoms with Gasteiger partial charge in [0.1, 0.15) is 0 Å². The van der Waals surface area contributed by atoms with E-state index in [4.69, 9.17) is 0 Å². The molecule has 1 amide bonds. The fourth-order valence-electron chi connectivity index (χ4n) is 5.12. The molecule has 24 heavy (non-hydrogen) atoms. The third-order valence-electron chi connectivity index (χ3n) is 6.43. The number of hydrogen-bond acceptors (Lipinski definition) is 2. The molecule has 1 N–H and O–H groups in total. The summed E-state index contributed by atoms with van der Waals surface area (Å²) in [6.07, 6.45) is 18.5. The van der Waals surface area contributed by atoms with Crippen LogP contribution in [0.1, 0.15) is 45.4 Å². The smallest absolute Gasteiger partial charge is 0.217 e. The summed E-state index contributed by atoms with van der Waals surface area (Å²) in [5.41, 5.74) is 0.440. The number of carbonyl (C=O) groups is 1. The molecule has 1 saturated heterocycles. The summed E-state index contributed by atoms with van der Waals surface area (Å²) in [6.45, 7) is 9.12. The highest BCUT2D eigenvalue weighted by atomic mass is 16.1. The number of likely N-dealkylation sites (tertiary alicyclic amines) is 1. The first-order valence-corrected chi connectivity index (χ1v) is 9.60. The van der Waals surface area contributed by atoms with E-state index in [9.17, 15) is 4.79 Å². The van der Waals surface area contributed by atoms with Crippen molar-refractivity contribution in [2.24, 2.45) is 17.3 Å². The van der Waals surface area contributed by atoms with Gasteiger partial charge in [-0.25, -0.2) is 0 Å². The number of nitrogens with one attached hydrogen (secondary N) is 1. The Hall–Kier alpha value is -1.35. The van der Waals surface area contributed by atoms with Gasteiger partial charge in [0, 0.05) is 18.9 Å². The normalized spacial score (nSPS) is 31.6. The first-order valence-electron chi connectivity index (χ1n) is 9.60. The number of rotatable bonds is 5. The summed E-state index contributed by atoms with van der Waals surface area (Å²) in [5.74, 6) is 1.16. The second-order valence-corrected chi connectivity index (χ2v) is 7.85. The lowest BCUT2D eigenvalue weighted by atomic mass is 9.55. The maximum Gasteiger partial charge on any atom is 0.217 e. The van der Waals surface area contributed by atoms with Crippen LogP contribution in [0.25, 0.3) is 0 Å². The fraction of sp³-hybridized carbons (Fsp3) is 0.667. The van der Waals surface area contributed by atoms with E-state index < -0.39 is 0 Å². The van der Waals surface area contributed by atoms with Crippen LogP contribution >= 0.6 is 0 Å². The summed E-state index contributed by atoms with van der Waals surface area (Å²) in [6, 6.07) is 0.310. The van der Waals surface area contributed by atoms with Crippen molar-refractivity contribution in [1.82, 2.24) is 10.2 Å². The van der Waals surface area contributed by atoms with Gasteiger partial charge in [-0.3, -0.25) is 4.79 Å². The summed E-state index contributed by atoms with van der Waals surface area (Å²) in [5, 5.41) is 3.20. The molecule has 1 spiro atoms. The van der Waals surface area contributed by atoms with E-state index >= 15 is 0 Å². The maximum atomic E-state index is 11.6. The number of nitrogens with zero attached hydrogens (tertiary/aromatic N) is 1. The first kappa shape index (κ1) is 17.5. The Bertz CT molecular complexity index is 514. The molecule has 0 aromatic rings. The van der Waals surface area contributed by atoms with Crippen LogP contribution in [0.15, 0.2) is 37.0 Å². The molecule has 3 heteroatoms. The van der Waals surface area contributed by atoms with Gasteiger partial charge >= 0.3 is 0 Å². The Labute approximate surface area is 146 Å². The van der Waals surface area contributed by atoms with Crippen molar-refractivity contribution in [3.05, 3.63) is 37.0 Å². The third-order valence-corrected chi connectivity index (χ3v) is 6.43. The Morgan fingerprint density at radius 3 is 2.75 bits per heavy atom. The van der Waals surface area contributed by atoms with Crippen LogP contribution in [-0.4, -0.2) is 36.5 Å². The second-order valence-electron chi connectivity index (χ2n) is 7.85. The molecule has 2 unspecified atom stereocenters. The average molecular weight is 329 g/mol. The van der Waals surface area contributed by atoms with Crippen molar-refractivity contribution in [3.63, 3.8) is 0 Å². The molecule has 0 radical (unpaired) electrons. The van der Waals surface area contributed by atoms with Gasteiger partial charge in [0.05, 0.1) is 0 Å². The predicted molar refractivity (Wildman–Crippen MR) is 99.6 cm³/mol. The van der Waals surface area contributed by atoms with Crippen LogP contribution in [0.3, 0.4) is 0 Å². The lowest BCUT2D eigenvalue weighted by Crippen LogP contribution is -2.54. The minimum absolute atomic E-state index is 0.106. The summed E-state index contributed by atoms with van der Waals surface area (Å²) in [4.78, 5) is 14.2. The lowest BCUT2D eigenvalue weighted by Gasteiger charge is -2.54. The molecule has 1 aliphatic heterocycles. The van der Waals surface area contributed by atoms with E-state index in [1.807, 2.05) is 6.08 Å². The van der Waals surface area contributed by atoms with Crippen LogP contribution in [0.2, 0.25) is 0 Å². The molecule has 3 nitrogen and oxygen atoms in total. The SMILES string of the molecule is C=CCCCN1CCC2(CC[C@H](NC(C)=O)C3C=CC=CC32)CC1. The molecule has 0 aromatic carbocycles. The topological polar surface area (TPSA) is 32.3 Å². The molecule has 132 valence electrons. The van der Waals surface area contributed by atoms with Gasteiger partial charge in [0.15, 0.2) is 0 Å².